The lowest BCUT2D eigenvalue weighted by atomic mass is 10.1. The summed E-state index contributed by atoms with van der Waals surface area (Å²) in [5.74, 6) is 0. The third-order valence-corrected chi connectivity index (χ3v) is 2.45. The lowest BCUT2D eigenvalue weighted by Gasteiger charge is -2.32. The van der Waals surface area contributed by atoms with Gasteiger partial charge in [-0.2, -0.15) is 0 Å². The molecule has 1 aliphatic rings. The highest BCUT2D eigenvalue weighted by molar-refractivity contribution is 4.76. The van der Waals surface area contributed by atoms with Gasteiger partial charge in [-0.15, -0.1) is 0 Å². The fraction of sp³-hybridized carbons (Fsp3) is 1.00. The van der Waals surface area contributed by atoms with Crippen molar-refractivity contribution in [1.82, 2.24) is 10.2 Å². The molecule has 0 saturated carbocycles. The molecule has 1 atom stereocenters. The van der Waals surface area contributed by atoms with Crippen molar-refractivity contribution in [3.05, 3.63) is 0 Å². The normalized spacial score (nSPS) is 27.3. The van der Waals surface area contributed by atoms with Crippen molar-refractivity contribution < 1.29 is 0 Å². The summed E-state index contributed by atoms with van der Waals surface area (Å²) in [6, 6.07) is 0.746. The average Bonchev–Trinajstić information content (AvgIpc) is 2.06. The zero-order chi connectivity index (χ0) is 8.10. The molecule has 0 amide bonds. The number of rotatable bonds is 3. The lowest BCUT2D eigenvalue weighted by Crippen LogP contribution is -2.44. The van der Waals surface area contributed by atoms with E-state index in [1.807, 2.05) is 0 Å². The predicted molar refractivity (Wildman–Crippen MR) is 48.8 cm³/mol. The van der Waals surface area contributed by atoms with Gasteiger partial charge in [0.15, 0.2) is 0 Å². The van der Waals surface area contributed by atoms with Crippen LogP contribution in [0, 0.1) is 0 Å². The molecule has 66 valence electrons. The number of piperidine rings is 1. The standard InChI is InChI=1S/C9H20N2/c1-3-6-11-7-4-5-9(8-11)10-2/h9-10H,3-8H2,1-2H3. The third kappa shape index (κ3) is 2.80. The summed E-state index contributed by atoms with van der Waals surface area (Å²) >= 11 is 0. The molecule has 0 aromatic carbocycles. The maximum atomic E-state index is 3.35. The molecule has 1 N–H and O–H groups in total. The van der Waals surface area contributed by atoms with Crippen LogP contribution in [0.1, 0.15) is 26.2 Å². The van der Waals surface area contributed by atoms with Crippen molar-refractivity contribution >= 4 is 0 Å². The third-order valence-electron chi connectivity index (χ3n) is 2.45. The summed E-state index contributed by atoms with van der Waals surface area (Å²) in [5, 5.41) is 3.35. The first-order valence-corrected chi connectivity index (χ1v) is 4.76. The molecule has 0 radical (unpaired) electrons. The minimum atomic E-state index is 0.746. The highest BCUT2D eigenvalue weighted by atomic mass is 15.2. The fourth-order valence-corrected chi connectivity index (χ4v) is 1.81. The molecule has 0 aliphatic carbocycles. The Morgan fingerprint density at radius 3 is 3.00 bits per heavy atom. The van der Waals surface area contributed by atoms with E-state index in [1.165, 1.54) is 38.9 Å². The number of hydrogen-bond donors (Lipinski definition) is 1. The monoisotopic (exact) mass is 156 g/mol. The van der Waals surface area contributed by atoms with Gasteiger partial charge in [-0.05, 0) is 39.4 Å². The highest BCUT2D eigenvalue weighted by Gasteiger charge is 2.16. The first-order chi connectivity index (χ1) is 5.36. The first kappa shape index (κ1) is 9.01. The van der Waals surface area contributed by atoms with Gasteiger partial charge in [0.1, 0.15) is 0 Å². The van der Waals surface area contributed by atoms with Gasteiger partial charge in [0.25, 0.3) is 0 Å². The predicted octanol–water partition coefficient (Wildman–Crippen LogP) is 1.08. The number of likely N-dealkylation sites (N-methyl/N-ethyl adjacent to an activating group) is 1. The van der Waals surface area contributed by atoms with E-state index in [0.717, 1.165) is 6.04 Å². The fourth-order valence-electron chi connectivity index (χ4n) is 1.81. The topological polar surface area (TPSA) is 15.3 Å². The van der Waals surface area contributed by atoms with Crippen LogP contribution in [0.15, 0.2) is 0 Å². The summed E-state index contributed by atoms with van der Waals surface area (Å²) < 4.78 is 0. The Labute approximate surface area is 70.0 Å². The Kier molecular flexibility index (Phi) is 3.87. The second-order valence-electron chi connectivity index (χ2n) is 3.43. The van der Waals surface area contributed by atoms with E-state index < -0.39 is 0 Å². The number of nitrogens with zero attached hydrogens (tertiary/aromatic N) is 1. The van der Waals surface area contributed by atoms with Gasteiger partial charge in [-0.25, -0.2) is 0 Å². The molecule has 0 bridgehead atoms. The van der Waals surface area contributed by atoms with Crippen molar-refractivity contribution in [1.29, 1.82) is 0 Å². The minimum absolute atomic E-state index is 0.746. The molecule has 1 unspecified atom stereocenters. The Balaban J connectivity index is 2.21. The molecule has 2 heteroatoms. The van der Waals surface area contributed by atoms with Gasteiger partial charge in [0, 0.05) is 12.6 Å². The zero-order valence-electron chi connectivity index (χ0n) is 7.77. The Morgan fingerprint density at radius 1 is 1.55 bits per heavy atom. The molecule has 0 aromatic heterocycles. The second-order valence-corrected chi connectivity index (χ2v) is 3.43. The van der Waals surface area contributed by atoms with Crippen LogP contribution in [0.5, 0.6) is 0 Å². The molecule has 1 saturated heterocycles. The van der Waals surface area contributed by atoms with E-state index in [9.17, 15) is 0 Å². The second kappa shape index (κ2) is 4.73. The van der Waals surface area contributed by atoms with Gasteiger partial charge in [-0.3, -0.25) is 0 Å². The maximum absolute atomic E-state index is 3.35. The quantitative estimate of drug-likeness (QED) is 0.658. The Morgan fingerprint density at radius 2 is 2.36 bits per heavy atom. The molecule has 1 aliphatic heterocycles. The lowest BCUT2D eigenvalue weighted by molar-refractivity contribution is 0.195. The Bertz CT molecular complexity index is 102. The Hall–Kier alpha value is -0.0800. The van der Waals surface area contributed by atoms with Crippen molar-refractivity contribution in [2.45, 2.75) is 32.2 Å². The highest BCUT2D eigenvalue weighted by Crippen LogP contribution is 2.09. The van der Waals surface area contributed by atoms with Gasteiger partial charge in [0.05, 0.1) is 0 Å². The molecular weight excluding hydrogens is 136 g/mol. The number of likely N-dealkylation sites (tertiary alicyclic amines) is 1. The van der Waals surface area contributed by atoms with E-state index in [2.05, 4.69) is 24.2 Å². The van der Waals surface area contributed by atoms with Crippen molar-refractivity contribution in [2.75, 3.05) is 26.7 Å². The molecule has 0 spiro atoms. The maximum Gasteiger partial charge on any atom is 0.0192 e. The summed E-state index contributed by atoms with van der Waals surface area (Å²) in [4.78, 5) is 2.56. The van der Waals surface area contributed by atoms with E-state index in [1.54, 1.807) is 0 Å². The van der Waals surface area contributed by atoms with Crippen LogP contribution in [-0.4, -0.2) is 37.6 Å². The van der Waals surface area contributed by atoms with Gasteiger partial charge < -0.3 is 10.2 Å². The minimum Gasteiger partial charge on any atom is -0.316 e. The van der Waals surface area contributed by atoms with Crippen LogP contribution in [-0.2, 0) is 0 Å². The van der Waals surface area contributed by atoms with Gasteiger partial charge in [-0.1, -0.05) is 6.92 Å². The number of hydrogen-bond acceptors (Lipinski definition) is 2. The molecule has 1 fully saturated rings. The van der Waals surface area contributed by atoms with Crippen LogP contribution in [0.25, 0.3) is 0 Å². The van der Waals surface area contributed by atoms with Crippen molar-refractivity contribution in [3.8, 4) is 0 Å². The van der Waals surface area contributed by atoms with Crippen LogP contribution < -0.4 is 5.32 Å². The number of nitrogens with one attached hydrogen (secondary N) is 1. The van der Waals surface area contributed by atoms with Crippen molar-refractivity contribution in [3.63, 3.8) is 0 Å². The van der Waals surface area contributed by atoms with Crippen LogP contribution in [0.4, 0.5) is 0 Å². The summed E-state index contributed by atoms with van der Waals surface area (Å²) in [6.07, 6.45) is 4.01. The van der Waals surface area contributed by atoms with Crippen LogP contribution in [0.3, 0.4) is 0 Å². The molecular formula is C9H20N2. The average molecular weight is 156 g/mol. The van der Waals surface area contributed by atoms with E-state index in [4.69, 9.17) is 0 Å². The molecule has 11 heavy (non-hydrogen) atoms. The van der Waals surface area contributed by atoms with E-state index >= 15 is 0 Å². The van der Waals surface area contributed by atoms with Gasteiger partial charge >= 0.3 is 0 Å². The SMILES string of the molecule is CCCN1CCCC(NC)C1. The molecule has 0 aromatic rings. The molecule has 1 heterocycles. The van der Waals surface area contributed by atoms with E-state index in [0.29, 0.717) is 0 Å². The summed E-state index contributed by atoms with van der Waals surface area (Å²) in [5.41, 5.74) is 0. The smallest absolute Gasteiger partial charge is 0.0192 e. The zero-order valence-corrected chi connectivity index (χ0v) is 7.77. The first-order valence-electron chi connectivity index (χ1n) is 4.76. The van der Waals surface area contributed by atoms with Crippen LogP contribution >= 0.6 is 0 Å². The van der Waals surface area contributed by atoms with Crippen molar-refractivity contribution in [2.24, 2.45) is 0 Å². The molecule has 1 rings (SSSR count). The largest absolute Gasteiger partial charge is 0.316 e. The van der Waals surface area contributed by atoms with Gasteiger partial charge in [0.2, 0.25) is 0 Å². The van der Waals surface area contributed by atoms with Crippen LogP contribution in [0.2, 0.25) is 0 Å². The summed E-state index contributed by atoms with van der Waals surface area (Å²) in [6.45, 7) is 6.09. The van der Waals surface area contributed by atoms with E-state index in [-0.39, 0.29) is 0 Å². The molecule has 2 nitrogen and oxygen atoms in total. The summed E-state index contributed by atoms with van der Waals surface area (Å²) in [7, 11) is 2.07.